The zero-order valence-electron chi connectivity index (χ0n) is 15.0. The summed E-state index contributed by atoms with van der Waals surface area (Å²) in [5.74, 6) is 0.0890. The molecule has 0 unspecified atom stereocenters. The maximum absolute atomic E-state index is 11.8. The number of carboxylic acid groups (broad SMARTS) is 1. The predicted molar refractivity (Wildman–Crippen MR) is 97.3 cm³/mol. The largest absolute Gasteiger partial charge is 0.507 e. The Morgan fingerprint density at radius 3 is 2.84 bits per heavy atom. The molecule has 2 N–H and O–H groups in total. The van der Waals surface area contributed by atoms with E-state index in [1.54, 1.807) is 6.07 Å². The molecule has 0 spiro atoms. The highest BCUT2D eigenvalue weighted by molar-refractivity contribution is 5.94. The molecule has 1 aromatic rings. The van der Waals surface area contributed by atoms with Crippen LogP contribution in [0.5, 0.6) is 11.5 Å². The molecule has 0 fully saturated rings. The van der Waals surface area contributed by atoms with Crippen LogP contribution >= 0.6 is 0 Å². The van der Waals surface area contributed by atoms with Crippen molar-refractivity contribution in [3.05, 3.63) is 46.7 Å². The van der Waals surface area contributed by atoms with E-state index in [-0.39, 0.29) is 23.1 Å². The SMILES string of the molecule is C=C1Oc2cc(CCCCC)c(C(=O)O)c(O)c2[C@@H]2C=C(C)CC[C@@H]12. The Labute approximate surface area is 148 Å². The van der Waals surface area contributed by atoms with Crippen molar-refractivity contribution in [1.29, 1.82) is 0 Å². The van der Waals surface area contributed by atoms with Crippen molar-refractivity contribution in [3.63, 3.8) is 0 Å². The zero-order valence-corrected chi connectivity index (χ0v) is 15.0. The monoisotopic (exact) mass is 342 g/mol. The average molecular weight is 342 g/mol. The van der Waals surface area contributed by atoms with Crippen molar-refractivity contribution < 1.29 is 19.7 Å². The highest BCUT2D eigenvalue weighted by atomic mass is 16.5. The summed E-state index contributed by atoms with van der Waals surface area (Å²) in [4.78, 5) is 11.8. The second-order valence-corrected chi connectivity index (χ2v) is 7.19. The lowest BCUT2D eigenvalue weighted by molar-refractivity contribution is 0.0692. The summed E-state index contributed by atoms with van der Waals surface area (Å²) >= 11 is 0. The van der Waals surface area contributed by atoms with Gasteiger partial charge >= 0.3 is 5.97 Å². The molecule has 0 bridgehead atoms. The number of hydrogen-bond donors (Lipinski definition) is 2. The van der Waals surface area contributed by atoms with Crippen molar-refractivity contribution in [2.45, 2.75) is 58.3 Å². The molecular weight excluding hydrogens is 316 g/mol. The second kappa shape index (κ2) is 6.95. The number of aryl methyl sites for hydroxylation is 1. The maximum atomic E-state index is 11.8. The Hall–Kier alpha value is -2.23. The van der Waals surface area contributed by atoms with Crippen LogP contribution in [0.15, 0.2) is 30.1 Å². The minimum atomic E-state index is -1.08. The smallest absolute Gasteiger partial charge is 0.339 e. The molecule has 4 nitrogen and oxygen atoms in total. The average Bonchev–Trinajstić information content (AvgIpc) is 2.54. The number of aromatic carboxylic acids is 1. The fourth-order valence-electron chi connectivity index (χ4n) is 4.05. The van der Waals surface area contributed by atoms with Crippen molar-refractivity contribution in [2.24, 2.45) is 5.92 Å². The lowest BCUT2D eigenvalue weighted by Crippen LogP contribution is -2.26. The molecule has 1 aromatic carbocycles. The number of ether oxygens (including phenoxy) is 1. The van der Waals surface area contributed by atoms with Crippen molar-refractivity contribution >= 4 is 5.97 Å². The van der Waals surface area contributed by atoms with Crippen LogP contribution in [0.1, 0.15) is 73.4 Å². The summed E-state index contributed by atoms with van der Waals surface area (Å²) in [7, 11) is 0. The van der Waals surface area contributed by atoms with E-state index in [1.807, 2.05) is 0 Å². The van der Waals surface area contributed by atoms with Gasteiger partial charge in [-0.05, 0) is 44.2 Å². The van der Waals surface area contributed by atoms with Crippen LogP contribution < -0.4 is 4.74 Å². The van der Waals surface area contributed by atoms with Gasteiger partial charge in [-0.15, -0.1) is 0 Å². The van der Waals surface area contributed by atoms with Gasteiger partial charge in [0.15, 0.2) is 0 Å². The van der Waals surface area contributed by atoms with Gasteiger partial charge in [-0.2, -0.15) is 0 Å². The molecule has 4 heteroatoms. The van der Waals surface area contributed by atoms with E-state index in [0.29, 0.717) is 29.1 Å². The number of rotatable bonds is 5. The number of fused-ring (bicyclic) bond motifs is 3. The van der Waals surface area contributed by atoms with Gasteiger partial charge in [-0.3, -0.25) is 0 Å². The van der Waals surface area contributed by atoms with Gasteiger partial charge in [0.25, 0.3) is 0 Å². The second-order valence-electron chi connectivity index (χ2n) is 7.19. The molecule has 2 aliphatic rings. The van der Waals surface area contributed by atoms with E-state index in [4.69, 9.17) is 4.74 Å². The van der Waals surface area contributed by atoms with Gasteiger partial charge in [0, 0.05) is 17.4 Å². The van der Waals surface area contributed by atoms with E-state index in [9.17, 15) is 15.0 Å². The quantitative estimate of drug-likeness (QED) is 0.572. The van der Waals surface area contributed by atoms with Gasteiger partial charge in [0.2, 0.25) is 0 Å². The number of carboxylic acids is 1. The van der Waals surface area contributed by atoms with Gasteiger partial charge in [0.1, 0.15) is 22.8 Å². The number of carbonyl (C=O) groups is 1. The summed E-state index contributed by atoms with van der Waals surface area (Å²) < 4.78 is 5.92. The summed E-state index contributed by atoms with van der Waals surface area (Å²) in [6.07, 6.45) is 7.60. The molecule has 3 rings (SSSR count). The first-order valence-electron chi connectivity index (χ1n) is 9.10. The number of benzene rings is 1. The van der Waals surface area contributed by atoms with Gasteiger partial charge in [-0.25, -0.2) is 4.79 Å². The number of aromatic hydroxyl groups is 1. The first kappa shape index (κ1) is 17.6. The van der Waals surface area contributed by atoms with E-state index >= 15 is 0 Å². The van der Waals surface area contributed by atoms with Crippen LogP contribution in [-0.2, 0) is 6.42 Å². The molecule has 0 saturated carbocycles. The first-order valence-corrected chi connectivity index (χ1v) is 9.10. The van der Waals surface area contributed by atoms with Gasteiger partial charge in [0.05, 0.1) is 0 Å². The molecule has 25 heavy (non-hydrogen) atoms. The molecule has 1 aliphatic heterocycles. The molecule has 0 aromatic heterocycles. The van der Waals surface area contributed by atoms with Gasteiger partial charge in [-0.1, -0.05) is 38.0 Å². The summed E-state index contributed by atoms with van der Waals surface area (Å²) in [5, 5.41) is 20.5. The van der Waals surface area contributed by atoms with Crippen LogP contribution in [0, 0.1) is 5.92 Å². The van der Waals surface area contributed by atoms with Gasteiger partial charge < -0.3 is 14.9 Å². The van der Waals surface area contributed by atoms with Crippen LogP contribution in [0.25, 0.3) is 0 Å². The highest BCUT2D eigenvalue weighted by Gasteiger charge is 2.38. The highest BCUT2D eigenvalue weighted by Crippen LogP contribution is 2.52. The fraction of sp³-hybridized carbons (Fsp3) is 0.476. The van der Waals surface area contributed by atoms with E-state index < -0.39 is 5.97 Å². The molecule has 1 aliphatic carbocycles. The predicted octanol–water partition coefficient (Wildman–Crippen LogP) is 5.17. The summed E-state index contributed by atoms with van der Waals surface area (Å²) in [6.45, 7) is 8.24. The third-order valence-corrected chi connectivity index (χ3v) is 5.38. The summed E-state index contributed by atoms with van der Waals surface area (Å²) in [5.41, 5.74) is 2.53. The Morgan fingerprint density at radius 1 is 1.40 bits per heavy atom. The lowest BCUT2D eigenvalue weighted by atomic mass is 9.73. The molecule has 0 saturated heterocycles. The third kappa shape index (κ3) is 3.17. The number of unbranched alkanes of at least 4 members (excludes halogenated alkanes) is 2. The van der Waals surface area contributed by atoms with Crippen molar-refractivity contribution in [2.75, 3.05) is 0 Å². The molecule has 134 valence electrons. The van der Waals surface area contributed by atoms with Crippen molar-refractivity contribution in [3.8, 4) is 11.5 Å². The Morgan fingerprint density at radius 2 is 2.16 bits per heavy atom. The summed E-state index contributed by atoms with van der Waals surface area (Å²) in [6, 6.07) is 1.80. The molecule has 0 radical (unpaired) electrons. The normalized spacial score (nSPS) is 21.8. The number of phenols is 1. The molecule has 2 atom stereocenters. The Bertz CT molecular complexity index is 745. The van der Waals surface area contributed by atoms with E-state index in [2.05, 4.69) is 26.5 Å². The minimum Gasteiger partial charge on any atom is -0.507 e. The van der Waals surface area contributed by atoms with Crippen molar-refractivity contribution in [1.82, 2.24) is 0 Å². The lowest BCUT2D eigenvalue weighted by Gasteiger charge is -2.37. The topological polar surface area (TPSA) is 66.8 Å². The van der Waals surface area contributed by atoms with Crippen LogP contribution in [0.4, 0.5) is 0 Å². The molecule has 1 heterocycles. The minimum absolute atomic E-state index is 0.0290. The van der Waals surface area contributed by atoms with E-state index in [0.717, 1.165) is 32.1 Å². The zero-order chi connectivity index (χ0) is 18.1. The molecular formula is C21H26O4. The number of hydrogen-bond acceptors (Lipinski definition) is 3. The standard InChI is InChI=1S/C21H26O4/c1-4-5-6-7-14-11-17-19(20(22)18(14)21(23)24)16-10-12(2)8-9-15(16)13(3)25-17/h10-11,15-16,22H,3-9H2,1-2H3,(H,23,24)/t15-,16+/m0/s1. The Kier molecular flexibility index (Phi) is 4.89. The fourth-order valence-corrected chi connectivity index (χ4v) is 4.05. The van der Waals surface area contributed by atoms with Crippen LogP contribution in [0.2, 0.25) is 0 Å². The number of allylic oxidation sites excluding steroid dienone is 3. The Balaban J connectivity index is 2.12. The first-order chi connectivity index (χ1) is 11.9. The van der Waals surface area contributed by atoms with E-state index in [1.165, 1.54) is 5.57 Å². The van der Waals surface area contributed by atoms with Crippen LogP contribution in [0.3, 0.4) is 0 Å². The third-order valence-electron chi connectivity index (χ3n) is 5.38. The molecule has 0 amide bonds. The maximum Gasteiger partial charge on any atom is 0.339 e. The van der Waals surface area contributed by atoms with Crippen LogP contribution in [-0.4, -0.2) is 16.2 Å².